The molecular formula is C21H28N2O3. The van der Waals surface area contributed by atoms with E-state index in [4.69, 9.17) is 9.47 Å². The molecule has 0 heterocycles. The smallest absolute Gasteiger partial charge is 0.317 e. The third kappa shape index (κ3) is 6.67. The monoisotopic (exact) mass is 356 g/mol. The minimum Gasteiger partial charge on any atom is -0.492 e. The fourth-order valence-corrected chi connectivity index (χ4v) is 2.31. The summed E-state index contributed by atoms with van der Waals surface area (Å²) < 4.78 is 11.3. The van der Waals surface area contributed by atoms with Crippen LogP contribution in [0.25, 0.3) is 0 Å². The molecule has 0 unspecified atom stereocenters. The highest BCUT2D eigenvalue weighted by Gasteiger charge is 2.08. The van der Waals surface area contributed by atoms with Crippen LogP contribution in [0.3, 0.4) is 0 Å². The molecular weight excluding hydrogens is 328 g/mol. The Morgan fingerprint density at radius 1 is 1.04 bits per heavy atom. The van der Waals surface area contributed by atoms with Crippen molar-refractivity contribution in [1.82, 2.24) is 10.2 Å². The molecule has 1 N–H and O–H groups in total. The molecule has 0 aliphatic heterocycles. The summed E-state index contributed by atoms with van der Waals surface area (Å²) in [6.07, 6.45) is 0.149. The lowest BCUT2D eigenvalue weighted by Gasteiger charge is -2.18. The third-order valence-electron chi connectivity index (χ3n) is 3.80. The second-order valence-electron chi connectivity index (χ2n) is 6.55. The van der Waals surface area contributed by atoms with Gasteiger partial charge in [-0.1, -0.05) is 29.8 Å². The Labute approximate surface area is 155 Å². The van der Waals surface area contributed by atoms with Crippen LogP contribution in [-0.4, -0.2) is 37.2 Å². The van der Waals surface area contributed by atoms with Crippen LogP contribution >= 0.6 is 0 Å². The van der Waals surface area contributed by atoms with Crippen molar-refractivity contribution >= 4 is 6.03 Å². The summed E-state index contributed by atoms with van der Waals surface area (Å²) in [4.78, 5) is 13.8. The topological polar surface area (TPSA) is 50.8 Å². The molecule has 2 aromatic rings. The molecule has 0 fully saturated rings. The SMILES string of the molecule is Cc1ccc(OCCN(C)C(=O)NCc2ccc(OC(C)C)cc2)cc1. The number of nitrogens with one attached hydrogen (secondary N) is 1. The maximum Gasteiger partial charge on any atom is 0.317 e. The molecule has 0 bridgehead atoms. The number of carbonyl (C=O) groups is 1. The Kier molecular flexibility index (Phi) is 7.33. The Balaban J connectivity index is 1.70. The molecule has 5 nitrogen and oxygen atoms in total. The average Bonchev–Trinajstić information content (AvgIpc) is 2.62. The quantitative estimate of drug-likeness (QED) is 0.778. The zero-order valence-electron chi connectivity index (χ0n) is 16.0. The number of nitrogens with zero attached hydrogens (tertiary/aromatic N) is 1. The van der Waals surface area contributed by atoms with Gasteiger partial charge in [0.15, 0.2) is 0 Å². The van der Waals surface area contributed by atoms with Gasteiger partial charge in [0.25, 0.3) is 0 Å². The van der Waals surface area contributed by atoms with Gasteiger partial charge in [-0.15, -0.1) is 0 Å². The van der Waals surface area contributed by atoms with Crippen molar-refractivity contribution in [3.05, 3.63) is 59.7 Å². The minimum absolute atomic E-state index is 0.125. The van der Waals surface area contributed by atoms with Crippen molar-refractivity contribution in [3.63, 3.8) is 0 Å². The standard InChI is InChI=1S/C21H28N2O3/c1-16(2)26-20-11-7-18(8-12-20)15-22-21(24)23(4)13-14-25-19-9-5-17(3)6-10-19/h5-12,16H,13-15H2,1-4H3,(H,22,24). The van der Waals surface area contributed by atoms with Crippen molar-refractivity contribution < 1.29 is 14.3 Å². The first-order chi connectivity index (χ1) is 12.4. The van der Waals surface area contributed by atoms with Crippen LogP contribution in [0.2, 0.25) is 0 Å². The molecule has 2 rings (SSSR count). The van der Waals surface area contributed by atoms with Crippen molar-refractivity contribution in [1.29, 1.82) is 0 Å². The number of benzene rings is 2. The predicted molar refractivity (Wildman–Crippen MR) is 104 cm³/mol. The van der Waals surface area contributed by atoms with E-state index in [1.165, 1.54) is 5.56 Å². The van der Waals surface area contributed by atoms with Gasteiger partial charge in [0.05, 0.1) is 12.6 Å². The van der Waals surface area contributed by atoms with E-state index in [0.717, 1.165) is 17.1 Å². The number of aryl methyl sites for hydroxylation is 1. The third-order valence-corrected chi connectivity index (χ3v) is 3.80. The highest BCUT2D eigenvalue weighted by molar-refractivity contribution is 5.73. The fraction of sp³-hybridized carbons (Fsp3) is 0.381. The van der Waals surface area contributed by atoms with Crippen molar-refractivity contribution in [2.75, 3.05) is 20.2 Å². The second kappa shape index (κ2) is 9.70. The zero-order chi connectivity index (χ0) is 18.9. The second-order valence-corrected chi connectivity index (χ2v) is 6.55. The van der Waals surface area contributed by atoms with Gasteiger partial charge in [0.2, 0.25) is 0 Å². The summed E-state index contributed by atoms with van der Waals surface area (Å²) in [7, 11) is 1.76. The summed E-state index contributed by atoms with van der Waals surface area (Å²) in [6.45, 7) is 7.46. The molecule has 0 atom stereocenters. The predicted octanol–water partition coefficient (Wildman–Crippen LogP) is 4.00. The largest absolute Gasteiger partial charge is 0.492 e. The normalized spacial score (nSPS) is 10.5. The van der Waals surface area contributed by atoms with Gasteiger partial charge < -0.3 is 19.7 Å². The van der Waals surface area contributed by atoms with Gasteiger partial charge in [-0.3, -0.25) is 0 Å². The van der Waals surface area contributed by atoms with Crippen molar-refractivity contribution in [2.45, 2.75) is 33.4 Å². The van der Waals surface area contributed by atoms with Crippen LogP contribution in [0.15, 0.2) is 48.5 Å². The lowest BCUT2D eigenvalue weighted by Crippen LogP contribution is -2.39. The Hall–Kier alpha value is -2.69. The van der Waals surface area contributed by atoms with Crippen LogP contribution in [0.4, 0.5) is 4.79 Å². The van der Waals surface area contributed by atoms with E-state index < -0.39 is 0 Å². The highest BCUT2D eigenvalue weighted by Crippen LogP contribution is 2.14. The molecule has 26 heavy (non-hydrogen) atoms. The Morgan fingerprint density at radius 2 is 1.65 bits per heavy atom. The lowest BCUT2D eigenvalue weighted by molar-refractivity contribution is 0.195. The maximum atomic E-state index is 12.2. The van der Waals surface area contributed by atoms with E-state index in [1.54, 1.807) is 11.9 Å². The number of amides is 2. The van der Waals surface area contributed by atoms with Crippen LogP contribution in [0.1, 0.15) is 25.0 Å². The first-order valence-corrected chi connectivity index (χ1v) is 8.88. The summed E-state index contributed by atoms with van der Waals surface area (Å²) in [5, 5.41) is 2.91. The van der Waals surface area contributed by atoms with Gasteiger partial charge in [0.1, 0.15) is 18.1 Å². The van der Waals surface area contributed by atoms with E-state index in [1.807, 2.05) is 69.3 Å². The van der Waals surface area contributed by atoms with E-state index in [-0.39, 0.29) is 12.1 Å². The van der Waals surface area contributed by atoms with Crippen LogP contribution in [0, 0.1) is 6.92 Å². The first-order valence-electron chi connectivity index (χ1n) is 8.88. The van der Waals surface area contributed by atoms with Gasteiger partial charge in [-0.25, -0.2) is 4.79 Å². The number of rotatable bonds is 8. The summed E-state index contributed by atoms with van der Waals surface area (Å²) >= 11 is 0. The number of carbonyl (C=O) groups excluding carboxylic acids is 1. The molecule has 2 aromatic carbocycles. The van der Waals surface area contributed by atoms with E-state index >= 15 is 0 Å². The number of likely N-dealkylation sites (N-methyl/N-ethyl adjacent to an activating group) is 1. The average molecular weight is 356 g/mol. The summed E-state index contributed by atoms with van der Waals surface area (Å²) in [5.74, 6) is 1.65. The van der Waals surface area contributed by atoms with Gasteiger partial charge in [-0.2, -0.15) is 0 Å². The van der Waals surface area contributed by atoms with Crippen molar-refractivity contribution in [3.8, 4) is 11.5 Å². The molecule has 5 heteroatoms. The Bertz CT molecular complexity index is 681. The molecule has 0 aliphatic carbocycles. The summed E-state index contributed by atoms with van der Waals surface area (Å²) in [5.41, 5.74) is 2.22. The molecule has 0 saturated heterocycles. The number of ether oxygens (including phenoxy) is 2. The molecule has 0 aliphatic rings. The maximum absolute atomic E-state index is 12.2. The zero-order valence-corrected chi connectivity index (χ0v) is 16.0. The van der Waals surface area contributed by atoms with E-state index in [9.17, 15) is 4.79 Å². The molecule has 0 saturated carbocycles. The van der Waals surface area contributed by atoms with Gasteiger partial charge >= 0.3 is 6.03 Å². The number of hydrogen-bond acceptors (Lipinski definition) is 3. The van der Waals surface area contributed by atoms with Crippen molar-refractivity contribution in [2.24, 2.45) is 0 Å². The number of urea groups is 1. The lowest BCUT2D eigenvalue weighted by atomic mass is 10.2. The molecule has 2 amide bonds. The summed E-state index contributed by atoms with van der Waals surface area (Å²) in [6, 6.07) is 15.5. The van der Waals surface area contributed by atoms with Gasteiger partial charge in [-0.05, 0) is 50.6 Å². The van der Waals surface area contributed by atoms with Crippen LogP contribution < -0.4 is 14.8 Å². The number of hydrogen-bond donors (Lipinski definition) is 1. The highest BCUT2D eigenvalue weighted by atomic mass is 16.5. The van der Waals surface area contributed by atoms with Gasteiger partial charge in [0, 0.05) is 13.6 Å². The Morgan fingerprint density at radius 3 is 2.27 bits per heavy atom. The van der Waals surface area contributed by atoms with Crippen LogP contribution in [0.5, 0.6) is 11.5 Å². The van der Waals surface area contributed by atoms with E-state index in [2.05, 4.69) is 5.32 Å². The van der Waals surface area contributed by atoms with Crippen LogP contribution in [-0.2, 0) is 6.54 Å². The molecule has 140 valence electrons. The molecule has 0 radical (unpaired) electrons. The first kappa shape index (κ1) is 19.6. The molecule has 0 aromatic heterocycles. The van der Waals surface area contributed by atoms with E-state index in [0.29, 0.717) is 19.7 Å². The minimum atomic E-state index is -0.125. The molecule has 0 spiro atoms. The fourth-order valence-electron chi connectivity index (χ4n) is 2.31.